The van der Waals surface area contributed by atoms with E-state index in [1.54, 1.807) is 42.5 Å². The van der Waals surface area contributed by atoms with Crippen molar-refractivity contribution in [2.75, 3.05) is 16.0 Å². The number of anilines is 4. The number of para-hydroxylation sites is 1. The number of carbonyl (C=O) groups excluding carboxylic acids is 1. The van der Waals surface area contributed by atoms with Crippen LogP contribution < -0.4 is 21.5 Å². The molecule has 3 aromatic carbocycles. The van der Waals surface area contributed by atoms with Crippen molar-refractivity contribution in [1.29, 1.82) is 0 Å². The normalized spacial score (nSPS) is 10.4. The van der Waals surface area contributed by atoms with Crippen LogP contribution in [0.2, 0.25) is 0 Å². The van der Waals surface area contributed by atoms with E-state index >= 15 is 0 Å². The van der Waals surface area contributed by atoms with E-state index in [0.717, 1.165) is 5.56 Å². The molecule has 0 saturated heterocycles. The van der Waals surface area contributed by atoms with Crippen LogP contribution in [-0.4, -0.2) is 15.8 Å². The zero-order chi connectivity index (χ0) is 22.3. The molecule has 0 unspecified atom stereocenters. The van der Waals surface area contributed by atoms with Gasteiger partial charge < -0.3 is 16.0 Å². The maximum atomic E-state index is 13.4. The van der Waals surface area contributed by atoms with Crippen LogP contribution in [-0.2, 0) is 6.54 Å². The predicted molar refractivity (Wildman–Crippen MR) is 123 cm³/mol. The number of rotatable bonds is 6. The van der Waals surface area contributed by atoms with E-state index in [4.69, 9.17) is 0 Å². The quantitative estimate of drug-likeness (QED) is 0.410. The summed E-state index contributed by atoms with van der Waals surface area (Å²) < 4.78 is 14.7. The molecule has 0 aliphatic heterocycles. The number of hydrogen-bond acceptors (Lipinski definition) is 4. The Bertz CT molecular complexity index is 1290. The monoisotopic (exact) mass is 429 g/mol. The van der Waals surface area contributed by atoms with Gasteiger partial charge in [-0.2, -0.15) is 5.10 Å². The maximum Gasteiger partial charge on any atom is 0.323 e. The predicted octanol–water partition coefficient (Wildman–Crippen LogP) is 4.82. The van der Waals surface area contributed by atoms with Crippen molar-refractivity contribution < 1.29 is 9.18 Å². The van der Waals surface area contributed by atoms with Gasteiger partial charge >= 0.3 is 6.03 Å². The van der Waals surface area contributed by atoms with Gasteiger partial charge in [0.15, 0.2) is 5.82 Å². The van der Waals surface area contributed by atoms with E-state index in [1.165, 1.54) is 28.9 Å². The molecular weight excluding hydrogens is 409 g/mol. The molecule has 0 spiro atoms. The van der Waals surface area contributed by atoms with Crippen LogP contribution in [0.15, 0.2) is 95.8 Å². The van der Waals surface area contributed by atoms with Gasteiger partial charge in [0.05, 0.1) is 6.54 Å². The number of nitrogens with one attached hydrogen (secondary N) is 3. The number of hydrogen-bond donors (Lipinski definition) is 3. The molecule has 2 amide bonds. The Morgan fingerprint density at radius 2 is 1.53 bits per heavy atom. The van der Waals surface area contributed by atoms with Crippen LogP contribution in [0.4, 0.5) is 32.1 Å². The number of aromatic nitrogens is 2. The van der Waals surface area contributed by atoms with Crippen LogP contribution >= 0.6 is 0 Å². The summed E-state index contributed by atoms with van der Waals surface area (Å²) in [7, 11) is 0. The first-order valence-electron chi connectivity index (χ1n) is 9.88. The molecule has 0 radical (unpaired) electrons. The summed E-state index contributed by atoms with van der Waals surface area (Å²) in [6.07, 6.45) is 0. The minimum Gasteiger partial charge on any atom is -0.339 e. The summed E-state index contributed by atoms with van der Waals surface area (Å²) in [5, 5.41) is 12.8. The van der Waals surface area contributed by atoms with E-state index < -0.39 is 0 Å². The Balaban J connectivity index is 1.46. The van der Waals surface area contributed by atoms with Crippen LogP contribution in [0.25, 0.3) is 0 Å². The lowest BCUT2D eigenvalue weighted by atomic mass is 10.2. The largest absolute Gasteiger partial charge is 0.339 e. The highest BCUT2D eigenvalue weighted by Crippen LogP contribution is 2.16. The third-order valence-electron chi connectivity index (χ3n) is 4.51. The molecule has 4 rings (SSSR count). The highest BCUT2D eigenvalue weighted by molar-refractivity contribution is 5.99. The van der Waals surface area contributed by atoms with Gasteiger partial charge in [-0.1, -0.05) is 36.4 Å². The lowest BCUT2D eigenvalue weighted by molar-refractivity contribution is 0.262. The Hall–Kier alpha value is -4.46. The van der Waals surface area contributed by atoms with E-state index in [-0.39, 0.29) is 24.0 Å². The number of benzene rings is 3. The highest BCUT2D eigenvalue weighted by atomic mass is 19.1. The van der Waals surface area contributed by atoms with Crippen molar-refractivity contribution in [3.63, 3.8) is 0 Å². The van der Waals surface area contributed by atoms with Crippen LogP contribution in [0.3, 0.4) is 0 Å². The van der Waals surface area contributed by atoms with E-state index in [0.29, 0.717) is 22.9 Å². The minimum absolute atomic E-state index is 0.202. The fourth-order valence-corrected chi connectivity index (χ4v) is 3.08. The highest BCUT2D eigenvalue weighted by Gasteiger charge is 2.06. The van der Waals surface area contributed by atoms with Gasteiger partial charge in [0.2, 0.25) is 0 Å². The van der Waals surface area contributed by atoms with Crippen molar-refractivity contribution >= 4 is 28.9 Å². The second-order valence-electron chi connectivity index (χ2n) is 7.00. The molecule has 7 nitrogen and oxygen atoms in total. The first-order valence-corrected chi connectivity index (χ1v) is 9.88. The Kier molecular flexibility index (Phi) is 6.22. The molecule has 32 heavy (non-hydrogen) atoms. The van der Waals surface area contributed by atoms with Crippen molar-refractivity contribution in [2.45, 2.75) is 6.54 Å². The molecule has 1 aromatic heterocycles. The van der Waals surface area contributed by atoms with Gasteiger partial charge in [0.1, 0.15) is 5.82 Å². The summed E-state index contributed by atoms with van der Waals surface area (Å²) in [4.78, 5) is 24.5. The number of halogens is 1. The molecule has 4 aromatic rings. The summed E-state index contributed by atoms with van der Waals surface area (Å²) in [5.41, 5.74) is 2.28. The molecule has 0 saturated carbocycles. The number of amides is 2. The van der Waals surface area contributed by atoms with Gasteiger partial charge in [0.25, 0.3) is 5.56 Å². The van der Waals surface area contributed by atoms with Crippen molar-refractivity contribution in [3.05, 3.63) is 113 Å². The third-order valence-corrected chi connectivity index (χ3v) is 4.51. The zero-order valence-electron chi connectivity index (χ0n) is 17.0. The van der Waals surface area contributed by atoms with Crippen molar-refractivity contribution in [3.8, 4) is 0 Å². The average molecular weight is 429 g/mol. The Morgan fingerprint density at radius 3 is 2.34 bits per heavy atom. The smallest absolute Gasteiger partial charge is 0.323 e. The lowest BCUT2D eigenvalue weighted by Crippen LogP contribution is -2.23. The van der Waals surface area contributed by atoms with Gasteiger partial charge in [0, 0.05) is 23.1 Å². The Morgan fingerprint density at radius 1 is 0.812 bits per heavy atom. The van der Waals surface area contributed by atoms with Gasteiger partial charge in [-0.3, -0.25) is 4.79 Å². The summed E-state index contributed by atoms with van der Waals surface area (Å²) in [6, 6.07) is 24.8. The maximum absolute atomic E-state index is 13.4. The lowest BCUT2D eigenvalue weighted by Gasteiger charge is -2.11. The standard InChI is InChI=1S/C24H20FN5O2/c25-18-7-5-11-21(15-18)26-22-12-13-23(31)30(29-22)16-17-6-4-10-20(14-17)28-24(32)27-19-8-2-1-3-9-19/h1-15H,16H2,(H,26,29)(H2,27,28,32). The van der Waals surface area contributed by atoms with Gasteiger partial charge in [-0.15, -0.1) is 0 Å². The van der Waals surface area contributed by atoms with E-state index in [9.17, 15) is 14.0 Å². The molecule has 0 aliphatic rings. The first kappa shape index (κ1) is 20.8. The van der Waals surface area contributed by atoms with Crippen LogP contribution in [0, 0.1) is 5.82 Å². The van der Waals surface area contributed by atoms with E-state index in [1.807, 2.05) is 24.3 Å². The van der Waals surface area contributed by atoms with E-state index in [2.05, 4.69) is 21.0 Å². The van der Waals surface area contributed by atoms with Crippen molar-refractivity contribution in [1.82, 2.24) is 9.78 Å². The third kappa shape index (κ3) is 5.57. The number of nitrogens with zero attached hydrogens (tertiary/aromatic N) is 2. The molecule has 8 heteroatoms. The molecule has 3 N–H and O–H groups in total. The number of carbonyl (C=O) groups is 1. The molecule has 0 fully saturated rings. The fraction of sp³-hybridized carbons (Fsp3) is 0.0417. The molecular formula is C24H20FN5O2. The average Bonchev–Trinajstić information content (AvgIpc) is 2.77. The zero-order valence-corrected chi connectivity index (χ0v) is 17.0. The summed E-state index contributed by atoms with van der Waals surface area (Å²) in [6.45, 7) is 0.202. The first-order chi connectivity index (χ1) is 15.5. The fourth-order valence-electron chi connectivity index (χ4n) is 3.08. The summed E-state index contributed by atoms with van der Waals surface area (Å²) >= 11 is 0. The second-order valence-corrected chi connectivity index (χ2v) is 7.00. The molecule has 1 heterocycles. The Labute approximate surface area is 183 Å². The van der Waals surface area contributed by atoms with Crippen LogP contribution in [0.1, 0.15) is 5.56 Å². The SMILES string of the molecule is O=C(Nc1ccccc1)Nc1cccc(Cn2nc(Nc3cccc(F)c3)ccc2=O)c1. The van der Waals surface area contributed by atoms with Crippen LogP contribution in [0.5, 0.6) is 0 Å². The molecule has 0 bridgehead atoms. The topological polar surface area (TPSA) is 88.1 Å². The molecule has 0 atom stereocenters. The van der Waals surface area contributed by atoms with Crippen molar-refractivity contribution in [2.24, 2.45) is 0 Å². The minimum atomic E-state index is -0.371. The summed E-state index contributed by atoms with van der Waals surface area (Å²) in [5.74, 6) is 0.0376. The molecule has 0 aliphatic carbocycles. The van der Waals surface area contributed by atoms with Gasteiger partial charge in [-0.25, -0.2) is 13.9 Å². The molecule has 160 valence electrons. The number of urea groups is 1. The second kappa shape index (κ2) is 9.57. The van der Waals surface area contributed by atoms with Gasteiger partial charge in [-0.05, 0) is 54.1 Å².